The van der Waals surface area contributed by atoms with E-state index in [1.165, 1.54) is 22.3 Å². The van der Waals surface area contributed by atoms with Crippen LogP contribution in [0.25, 0.3) is 22.5 Å². The number of alkyl halides is 1. The normalized spacial score (nSPS) is 16.6. The highest BCUT2D eigenvalue weighted by Crippen LogP contribution is 2.42. The zero-order valence-electron chi connectivity index (χ0n) is 10.7. The molecule has 0 bridgehead atoms. The molecule has 1 heterocycles. The van der Waals surface area contributed by atoms with Crippen LogP contribution in [0.15, 0.2) is 48.5 Å². The Kier molecular flexibility index (Phi) is 2.84. The Balaban J connectivity index is 2.07. The number of benzene rings is 2. The molecule has 0 saturated heterocycles. The second-order valence-electron chi connectivity index (χ2n) is 4.94. The zero-order chi connectivity index (χ0) is 13.5. The molecule has 0 saturated carbocycles. The molecule has 98 valence electrons. The summed E-state index contributed by atoms with van der Waals surface area (Å²) in [4.78, 5) is 0. The molecule has 1 aliphatic rings. The van der Waals surface area contributed by atoms with Crippen molar-refractivity contribution >= 4 is 22.6 Å². The molecular weight excluding hydrogens is 361 g/mol. The molecule has 4 heteroatoms. The summed E-state index contributed by atoms with van der Waals surface area (Å²) < 4.78 is 0.440. The van der Waals surface area contributed by atoms with Gasteiger partial charge in [0.05, 0.1) is 0 Å². The second-order valence-corrected chi connectivity index (χ2v) is 6.44. The lowest BCUT2D eigenvalue weighted by atomic mass is 9.89. The largest absolute Gasteiger partial charge is 0.197 e. The van der Waals surface area contributed by atoms with Gasteiger partial charge in [-0.3, -0.25) is 0 Å². The summed E-state index contributed by atoms with van der Waals surface area (Å²) in [6, 6.07) is 17.0. The molecule has 0 amide bonds. The number of halogens is 1. The van der Waals surface area contributed by atoms with E-state index in [4.69, 9.17) is 0 Å². The maximum atomic E-state index is 4.39. The fraction of sp³-hybridized carbons (Fsp3) is 0.125. The summed E-state index contributed by atoms with van der Waals surface area (Å²) in [5.74, 6) is 0. The molecule has 0 radical (unpaired) electrons. The second kappa shape index (κ2) is 4.70. The molecule has 1 N–H and O–H groups in total. The van der Waals surface area contributed by atoms with Crippen LogP contribution in [0.3, 0.4) is 0 Å². The first-order valence-corrected chi connectivity index (χ1v) is 7.81. The van der Waals surface area contributed by atoms with Gasteiger partial charge in [-0.25, -0.2) is 0 Å². The Morgan fingerprint density at radius 1 is 0.900 bits per heavy atom. The van der Waals surface area contributed by atoms with E-state index >= 15 is 0 Å². The van der Waals surface area contributed by atoms with E-state index in [-0.39, 0.29) is 0 Å². The van der Waals surface area contributed by atoms with Crippen LogP contribution in [-0.2, 0) is 6.42 Å². The van der Waals surface area contributed by atoms with Crippen LogP contribution in [-0.4, -0.2) is 15.4 Å². The van der Waals surface area contributed by atoms with Crippen LogP contribution in [0.4, 0.5) is 0 Å². The molecular formula is C16H12IN3. The third-order valence-electron chi connectivity index (χ3n) is 3.77. The predicted molar refractivity (Wildman–Crippen MR) is 87.7 cm³/mol. The first kappa shape index (κ1) is 12.1. The number of rotatable bonds is 0. The molecule has 1 unspecified atom stereocenters. The molecule has 1 aliphatic carbocycles. The number of nitrogens with zero attached hydrogens (tertiary/aromatic N) is 2. The van der Waals surface area contributed by atoms with Crippen molar-refractivity contribution in [2.75, 3.05) is 0 Å². The zero-order valence-corrected chi connectivity index (χ0v) is 12.8. The van der Waals surface area contributed by atoms with Crippen molar-refractivity contribution in [3.05, 3.63) is 59.7 Å². The number of hydrogen-bond acceptors (Lipinski definition) is 2. The van der Waals surface area contributed by atoms with Gasteiger partial charge in [0.2, 0.25) is 0 Å². The highest BCUT2D eigenvalue weighted by atomic mass is 127. The third-order valence-corrected chi connectivity index (χ3v) is 4.88. The van der Waals surface area contributed by atoms with Crippen molar-refractivity contribution in [2.24, 2.45) is 0 Å². The molecule has 3 nitrogen and oxygen atoms in total. The van der Waals surface area contributed by atoms with Gasteiger partial charge in [-0.1, -0.05) is 71.1 Å². The molecule has 2 aromatic carbocycles. The molecule has 1 aromatic heterocycles. The Hall–Kier alpha value is -1.69. The van der Waals surface area contributed by atoms with E-state index < -0.39 is 0 Å². The highest BCUT2D eigenvalue weighted by Gasteiger charge is 2.24. The molecule has 1 atom stereocenters. The van der Waals surface area contributed by atoms with Crippen LogP contribution >= 0.6 is 22.6 Å². The molecule has 0 aliphatic heterocycles. The van der Waals surface area contributed by atoms with Crippen molar-refractivity contribution in [3.8, 4) is 22.5 Å². The minimum Gasteiger partial charge on any atom is -0.197 e. The third kappa shape index (κ3) is 1.78. The average Bonchev–Trinajstić information content (AvgIpc) is 2.95. The molecule has 0 fully saturated rings. The van der Waals surface area contributed by atoms with Crippen molar-refractivity contribution in [1.82, 2.24) is 15.4 Å². The molecule has 20 heavy (non-hydrogen) atoms. The summed E-state index contributed by atoms with van der Waals surface area (Å²) in [6.07, 6.45) is 1.01. The van der Waals surface area contributed by atoms with E-state index in [9.17, 15) is 0 Å². The van der Waals surface area contributed by atoms with Gasteiger partial charge >= 0.3 is 0 Å². The lowest BCUT2D eigenvalue weighted by molar-refractivity contribution is 0.944. The number of aromatic nitrogens is 3. The minimum absolute atomic E-state index is 0.440. The first-order chi connectivity index (χ1) is 9.84. The van der Waals surface area contributed by atoms with Crippen molar-refractivity contribution in [3.63, 3.8) is 0 Å². The summed E-state index contributed by atoms with van der Waals surface area (Å²) in [6.45, 7) is 0. The predicted octanol–water partition coefficient (Wildman–Crippen LogP) is 4.17. The Morgan fingerprint density at radius 3 is 2.40 bits per heavy atom. The molecule has 3 aromatic rings. The van der Waals surface area contributed by atoms with Crippen molar-refractivity contribution < 1.29 is 0 Å². The fourth-order valence-electron chi connectivity index (χ4n) is 2.82. The Bertz CT molecular complexity index is 779. The number of aromatic amines is 1. The summed E-state index contributed by atoms with van der Waals surface area (Å²) >= 11 is 2.53. The lowest BCUT2D eigenvalue weighted by Crippen LogP contribution is -2.03. The Morgan fingerprint density at radius 2 is 1.55 bits per heavy atom. The van der Waals surface area contributed by atoms with E-state index in [1.54, 1.807) is 0 Å². The summed E-state index contributed by atoms with van der Waals surface area (Å²) in [5, 5.41) is 11.6. The van der Waals surface area contributed by atoms with Crippen LogP contribution in [0.1, 0.15) is 15.1 Å². The number of H-pyrrole nitrogens is 1. The number of hydrogen-bond donors (Lipinski definition) is 1. The summed E-state index contributed by atoms with van der Waals surface area (Å²) in [7, 11) is 0. The van der Waals surface area contributed by atoms with E-state index in [0.29, 0.717) is 3.92 Å². The smallest absolute Gasteiger partial charge is 0.121 e. The lowest BCUT2D eigenvalue weighted by Gasteiger charge is -2.19. The van der Waals surface area contributed by atoms with Crippen molar-refractivity contribution in [1.29, 1.82) is 0 Å². The van der Waals surface area contributed by atoms with Crippen LogP contribution in [0, 0.1) is 0 Å². The van der Waals surface area contributed by atoms with Gasteiger partial charge in [-0.2, -0.15) is 15.4 Å². The van der Waals surface area contributed by atoms with Gasteiger partial charge < -0.3 is 0 Å². The van der Waals surface area contributed by atoms with E-state index in [2.05, 4.69) is 86.5 Å². The number of fused-ring (bicyclic) bond motifs is 5. The van der Waals surface area contributed by atoms with Gasteiger partial charge in [0.25, 0.3) is 0 Å². The first-order valence-electron chi connectivity index (χ1n) is 6.57. The van der Waals surface area contributed by atoms with Gasteiger partial charge in [0.1, 0.15) is 11.4 Å². The van der Waals surface area contributed by atoms with Gasteiger partial charge in [-0.05, 0) is 17.5 Å². The SMILES string of the molecule is IC1Cc2ccccc2-c2n[nH]nc2-c2ccccc21. The summed E-state index contributed by atoms with van der Waals surface area (Å²) in [5.41, 5.74) is 6.94. The van der Waals surface area contributed by atoms with Crippen LogP contribution in [0.2, 0.25) is 0 Å². The Labute approximate surface area is 130 Å². The maximum Gasteiger partial charge on any atom is 0.121 e. The molecule has 4 rings (SSSR count). The maximum absolute atomic E-state index is 4.39. The van der Waals surface area contributed by atoms with Gasteiger partial charge in [0, 0.05) is 15.1 Å². The van der Waals surface area contributed by atoms with Crippen molar-refractivity contribution in [2.45, 2.75) is 10.3 Å². The standard InChI is InChI=1S/C16H12IN3/c17-14-9-10-5-1-2-6-11(10)15-16(19-20-18-15)13-8-4-3-7-12(13)14/h1-8,14H,9H2,(H,18,19,20). The average molecular weight is 373 g/mol. The van der Waals surface area contributed by atoms with E-state index in [0.717, 1.165) is 17.8 Å². The minimum atomic E-state index is 0.440. The quantitative estimate of drug-likeness (QED) is 0.475. The van der Waals surface area contributed by atoms with Crippen LogP contribution in [0.5, 0.6) is 0 Å². The molecule has 0 spiro atoms. The monoisotopic (exact) mass is 373 g/mol. The fourth-order valence-corrected chi connectivity index (χ4v) is 3.84. The van der Waals surface area contributed by atoms with E-state index in [1.807, 2.05) is 0 Å². The van der Waals surface area contributed by atoms with Gasteiger partial charge in [-0.15, -0.1) is 0 Å². The topological polar surface area (TPSA) is 41.6 Å². The number of nitrogens with one attached hydrogen (secondary N) is 1. The van der Waals surface area contributed by atoms with Gasteiger partial charge in [0.15, 0.2) is 0 Å². The van der Waals surface area contributed by atoms with Crippen LogP contribution < -0.4 is 0 Å². The highest BCUT2D eigenvalue weighted by molar-refractivity contribution is 14.1.